The smallest absolute Gasteiger partial charge is 0.224 e. The molecule has 1 aliphatic rings. The van der Waals surface area contributed by atoms with Crippen LogP contribution in [0, 0.1) is 5.92 Å². The van der Waals surface area contributed by atoms with E-state index in [1.54, 1.807) is 6.92 Å². The molecule has 2 unspecified atom stereocenters. The van der Waals surface area contributed by atoms with Gasteiger partial charge in [0.1, 0.15) is 6.10 Å². The second-order valence-electron chi connectivity index (χ2n) is 4.33. The van der Waals surface area contributed by atoms with Gasteiger partial charge >= 0.3 is 0 Å². The van der Waals surface area contributed by atoms with E-state index in [9.17, 15) is 4.79 Å². The van der Waals surface area contributed by atoms with Crippen LogP contribution < -0.4 is 11.1 Å². The third kappa shape index (κ3) is 3.77. The van der Waals surface area contributed by atoms with Gasteiger partial charge in [-0.3, -0.25) is 4.79 Å². The minimum Gasteiger partial charge on any atom is -0.353 e. The highest BCUT2D eigenvalue weighted by Crippen LogP contribution is 2.21. The molecule has 3 N–H and O–H groups in total. The van der Waals surface area contributed by atoms with Crippen molar-refractivity contribution in [3.05, 3.63) is 0 Å². The monoisotopic (exact) mass is 216 g/mol. The Balaban J connectivity index is 2.24. The van der Waals surface area contributed by atoms with Gasteiger partial charge in [-0.2, -0.15) is 0 Å². The summed E-state index contributed by atoms with van der Waals surface area (Å²) in [5, 5.41) is 2.79. The predicted octanol–water partition coefficient (Wildman–Crippen LogP) is -0.151. The zero-order valence-corrected chi connectivity index (χ0v) is 9.58. The van der Waals surface area contributed by atoms with Crippen LogP contribution in [0.4, 0.5) is 0 Å². The lowest BCUT2D eigenvalue weighted by Crippen LogP contribution is -2.39. The van der Waals surface area contributed by atoms with Crippen molar-refractivity contribution in [2.24, 2.45) is 11.7 Å². The molecular weight excluding hydrogens is 196 g/mol. The summed E-state index contributed by atoms with van der Waals surface area (Å²) in [5.41, 5.74) is 5.38. The molecule has 0 spiro atoms. The Morgan fingerprint density at radius 1 is 1.67 bits per heavy atom. The van der Waals surface area contributed by atoms with Crippen molar-refractivity contribution in [3.8, 4) is 0 Å². The zero-order valence-electron chi connectivity index (χ0n) is 9.58. The van der Waals surface area contributed by atoms with Gasteiger partial charge in [0.05, 0.1) is 6.61 Å². The first-order chi connectivity index (χ1) is 6.94. The van der Waals surface area contributed by atoms with Crippen LogP contribution in [0.1, 0.15) is 20.8 Å². The number of nitrogens with two attached hydrogens (primary N) is 1. The zero-order chi connectivity index (χ0) is 11.5. The van der Waals surface area contributed by atoms with E-state index in [2.05, 4.69) is 5.32 Å². The van der Waals surface area contributed by atoms with E-state index in [1.807, 2.05) is 13.8 Å². The molecule has 15 heavy (non-hydrogen) atoms. The van der Waals surface area contributed by atoms with Crippen LogP contribution in [0.15, 0.2) is 0 Å². The lowest BCUT2D eigenvalue weighted by atomic mass is 10.1. The third-order valence-electron chi connectivity index (χ3n) is 2.37. The number of amides is 1. The van der Waals surface area contributed by atoms with Crippen LogP contribution in [0.25, 0.3) is 0 Å². The molecule has 1 saturated heterocycles. The van der Waals surface area contributed by atoms with Gasteiger partial charge in [-0.15, -0.1) is 0 Å². The Kier molecular flexibility index (Phi) is 4.07. The molecule has 1 heterocycles. The van der Waals surface area contributed by atoms with Crippen molar-refractivity contribution >= 4 is 5.91 Å². The highest BCUT2D eigenvalue weighted by atomic mass is 16.7. The second-order valence-corrected chi connectivity index (χ2v) is 4.33. The van der Waals surface area contributed by atoms with Crippen molar-refractivity contribution in [1.82, 2.24) is 5.32 Å². The van der Waals surface area contributed by atoms with Crippen LogP contribution in [0.2, 0.25) is 0 Å². The molecule has 5 heteroatoms. The number of hydrogen-bond acceptors (Lipinski definition) is 4. The molecule has 0 aromatic heterocycles. The fourth-order valence-corrected chi connectivity index (χ4v) is 1.36. The van der Waals surface area contributed by atoms with E-state index in [4.69, 9.17) is 15.2 Å². The van der Waals surface area contributed by atoms with Crippen LogP contribution in [-0.4, -0.2) is 37.5 Å². The predicted molar refractivity (Wildman–Crippen MR) is 56.1 cm³/mol. The van der Waals surface area contributed by atoms with Crippen LogP contribution in [0.3, 0.4) is 0 Å². The largest absolute Gasteiger partial charge is 0.353 e. The Labute approximate surface area is 90.3 Å². The van der Waals surface area contributed by atoms with Gasteiger partial charge in [0.2, 0.25) is 5.91 Å². The summed E-state index contributed by atoms with van der Waals surface area (Å²) in [6.45, 7) is 6.87. The Morgan fingerprint density at radius 2 is 2.33 bits per heavy atom. The van der Waals surface area contributed by atoms with Gasteiger partial charge < -0.3 is 20.5 Å². The average molecular weight is 216 g/mol. The van der Waals surface area contributed by atoms with E-state index in [1.165, 1.54) is 0 Å². The molecule has 5 nitrogen and oxygen atoms in total. The molecule has 0 radical (unpaired) electrons. The summed E-state index contributed by atoms with van der Waals surface area (Å²) in [6.07, 6.45) is -0.0612. The van der Waals surface area contributed by atoms with E-state index in [0.29, 0.717) is 19.7 Å². The van der Waals surface area contributed by atoms with Gasteiger partial charge in [0.15, 0.2) is 5.79 Å². The lowest BCUT2D eigenvalue weighted by molar-refractivity contribution is -0.139. The summed E-state index contributed by atoms with van der Waals surface area (Å²) in [5.74, 6) is -0.722. The molecule has 0 bridgehead atoms. The molecular formula is C10H20N2O3. The van der Waals surface area contributed by atoms with Gasteiger partial charge in [0, 0.05) is 19.0 Å². The third-order valence-corrected chi connectivity index (χ3v) is 2.37. The first kappa shape index (κ1) is 12.4. The van der Waals surface area contributed by atoms with Crippen LogP contribution >= 0.6 is 0 Å². The van der Waals surface area contributed by atoms with E-state index in [-0.39, 0.29) is 17.9 Å². The standard InChI is InChI=1S/C10H20N2O3/c1-7(4-11)9(13)12-5-8-6-14-10(2,3)15-8/h7-8H,4-6,11H2,1-3H3,(H,12,13). The fourth-order valence-electron chi connectivity index (χ4n) is 1.36. The summed E-state index contributed by atoms with van der Waals surface area (Å²) in [6, 6.07) is 0. The molecule has 88 valence electrons. The molecule has 1 rings (SSSR count). The number of carbonyl (C=O) groups is 1. The number of rotatable bonds is 4. The maximum atomic E-state index is 11.4. The highest BCUT2D eigenvalue weighted by molar-refractivity contribution is 5.78. The van der Waals surface area contributed by atoms with Gasteiger partial charge in [-0.1, -0.05) is 6.92 Å². The maximum absolute atomic E-state index is 11.4. The Morgan fingerprint density at radius 3 is 2.80 bits per heavy atom. The molecule has 1 aliphatic heterocycles. The Bertz CT molecular complexity index is 231. The summed E-state index contributed by atoms with van der Waals surface area (Å²) >= 11 is 0. The first-order valence-corrected chi connectivity index (χ1v) is 5.24. The van der Waals surface area contributed by atoms with Crippen molar-refractivity contribution in [2.75, 3.05) is 19.7 Å². The topological polar surface area (TPSA) is 73.6 Å². The average Bonchev–Trinajstić information content (AvgIpc) is 2.53. The SMILES string of the molecule is CC(CN)C(=O)NCC1COC(C)(C)O1. The molecule has 2 atom stereocenters. The highest BCUT2D eigenvalue weighted by Gasteiger charge is 2.32. The number of carbonyl (C=O) groups excluding carboxylic acids is 1. The number of ether oxygens (including phenoxy) is 2. The summed E-state index contributed by atoms with van der Waals surface area (Å²) < 4.78 is 10.9. The molecule has 0 aromatic rings. The Hall–Kier alpha value is -0.650. The van der Waals surface area contributed by atoms with E-state index < -0.39 is 5.79 Å². The normalized spacial score (nSPS) is 26.3. The lowest BCUT2D eigenvalue weighted by Gasteiger charge is -2.17. The molecule has 1 amide bonds. The molecule has 0 aromatic carbocycles. The minimum atomic E-state index is -0.533. The fraction of sp³-hybridized carbons (Fsp3) is 0.900. The van der Waals surface area contributed by atoms with Gasteiger partial charge in [-0.25, -0.2) is 0 Å². The van der Waals surface area contributed by atoms with E-state index >= 15 is 0 Å². The number of nitrogens with one attached hydrogen (secondary N) is 1. The summed E-state index contributed by atoms with van der Waals surface area (Å²) in [4.78, 5) is 11.4. The van der Waals surface area contributed by atoms with Crippen molar-refractivity contribution in [3.63, 3.8) is 0 Å². The van der Waals surface area contributed by atoms with Crippen molar-refractivity contribution in [2.45, 2.75) is 32.7 Å². The molecule has 1 fully saturated rings. The maximum Gasteiger partial charge on any atom is 0.224 e. The van der Waals surface area contributed by atoms with Crippen LogP contribution in [-0.2, 0) is 14.3 Å². The second kappa shape index (κ2) is 4.92. The quantitative estimate of drug-likeness (QED) is 0.685. The summed E-state index contributed by atoms with van der Waals surface area (Å²) in [7, 11) is 0. The number of hydrogen-bond donors (Lipinski definition) is 2. The minimum absolute atomic E-state index is 0.0363. The van der Waals surface area contributed by atoms with Gasteiger partial charge in [-0.05, 0) is 13.8 Å². The van der Waals surface area contributed by atoms with Crippen molar-refractivity contribution < 1.29 is 14.3 Å². The van der Waals surface area contributed by atoms with Crippen molar-refractivity contribution in [1.29, 1.82) is 0 Å². The molecule has 0 aliphatic carbocycles. The van der Waals surface area contributed by atoms with Gasteiger partial charge in [0.25, 0.3) is 0 Å². The van der Waals surface area contributed by atoms with Crippen LogP contribution in [0.5, 0.6) is 0 Å². The first-order valence-electron chi connectivity index (χ1n) is 5.24. The van der Waals surface area contributed by atoms with E-state index in [0.717, 1.165) is 0 Å². The molecule has 0 saturated carbocycles.